The number of carbonyl (C=O) groups is 3. The summed E-state index contributed by atoms with van der Waals surface area (Å²) < 4.78 is 0. The van der Waals surface area contributed by atoms with Gasteiger partial charge in [-0.25, -0.2) is 0 Å². The van der Waals surface area contributed by atoms with E-state index in [0.717, 1.165) is 12.8 Å². The average molecular weight is 334 g/mol. The van der Waals surface area contributed by atoms with Gasteiger partial charge in [0.25, 0.3) is 11.8 Å². The summed E-state index contributed by atoms with van der Waals surface area (Å²) in [7, 11) is 0. The zero-order valence-corrected chi connectivity index (χ0v) is 15.4. The Bertz CT molecular complexity index is 511. The SMILES string of the molecule is CC(C)CN(CC(C)C)C(=O)CCN1C(=O)C2=C(CCCC2)C1=O. The molecule has 0 spiro atoms. The molecule has 0 bridgehead atoms. The molecule has 24 heavy (non-hydrogen) atoms. The Balaban J connectivity index is 1.95. The third-order valence-electron chi connectivity index (χ3n) is 4.55. The third-order valence-corrected chi connectivity index (χ3v) is 4.55. The van der Waals surface area contributed by atoms with Crippen molar-refractivity contribution in [1.82, 2.24) is 9.80 Å². The number of imide groups is 1. The minimum atomic E-state index is -0.165. The van der Waals surface area contributed by atoms with Crippen LogP contribution >= 0.6 is 0 Å². The summed E-state index contributed by atoms with van der Waals surface area (Å²) in [5, 5.41) is 0. The minimum Gasteiger partial charge on any atom is -0.342 e. The zero-order chi connectivity index (χ0) is 17.9. The summed E-state index contributed by atoms with van der Waals surface area (Å²) in [5.74, 6) is 0.500. The molecule has 0 atom stereocenters. The van der Waals surface area contributed by atoms with Gasteiger partial charge in [-0.3, -0.25) is 19.3 Å². The van der Waals surface area contributed by atoms with Crippen LogP contribution in [0.25, 0.3) is 0 Å². The van der Waals surface area contributed by atoms with Crippen LogP contribution in [0, 0.1) is 11.8 Å². The van der Waals surface area contributed by atoms with Crippen LogP contribution in [0.2, 0.25) is 0 Å². The quantitative estimate of drug-likeness (QED) is 0.673. The monoisotopic (exact) mass is 334 g/mol. The van der Waals surface area contributed by atoms with E-state index in [1.165, 1.54) is 4.90 Å². The Hall–Kier alpha value is -1.65. The van der Waals surface area contributed by atoms with Gasteiger partial charge in [-0.1, -0.05) is 27.7 Å². The smallest absolute Gasteiger partial charge is 0.257 e. The highest BCUT2D eigenvalue weighted by Gasteiger charge is 2.38. The molecule has 1 heterocycles. The van der Waals surface area contributed by atoms with Gasteiger partial charge in [-0.2, -0.15) is 0 Å². The highest BCUT2D eigenvalue weighted by atomic mass is 16.2. The summed E-state index contributed by atoms with van der Waals surface area (Å²) in [5.41, 5.74) is 1.39. The molecule has 0 saturated carbocycles. The van der Waals surface area contributed by atoms with Crippen molar-refractivity contribution in [2.24, 2.45) is 11.8 Å². The molecule has 2 aliphatic rings. The first-order chi connectivity index (χ1) is 11.3. The van der Waals surface area contributed by atoms with Crippen molar-refractivity contribution in [1.29, 1.82) is 0 Å². The molecule has 0 aromatic heterocycles. The van der Waals surface area contributed by atoms with Crippen molar-refractivity contribution in [2.45, 2.75) is 59.8 Å². The lowest BCUT2D eigenvalue weighted by Crippen LogP contribution is -2.40. The van der Waals surface area contributed by atoms with Crippen LogP contribution in [0.3, 0.4) is 0 Å². The van der Waals surface area contributed by atoms with E-state index >= 15 is 0 Å². The first-order valence-corrected chi connectivity index (χ1v) is 9.17. The zero-order valence-electron chi connectivity index (χ0n) is 15.4. The molecular formula is C19H30N2O3. The summed E-state index contributed by atoms with van der Waals surface area (Å²) in [6.45, 7) is 9.99. The maximum absolute atomic E-state index is 12.6. The number of hydrogen-bond donors (Lipinski definition) is 0. The largest absolute Gasteiger partial charge is 0.342 e. The van der Waals surface area contributed by atoms with E-state index in [1.54, 1.807) is 0 Å². The van der Waals surface area contributed by atoms with E-state index in [0.29, 0.717) is 48.9 Å². The highest BCUT2D eigenvalue weighted by molar-refractivity contribution is 6.19. The number of carbonyl (C=O) groups excluding carboxylic acids is 3. The van der Waals surface area contributed by atoms with Crippen molar-refractivity contribution in [3.05, 3.63) is 11.1 Å². The molecular weight excluding hydrogens is 304 g/mol. The van der Waals surface area contributed by atoms with Crippen molar-refractivity contribution in [3.63, 3.8) is 0 Å². The second-order valence-corrected chi connectivity index (χ2v) is 7.76. The molecule has 3 amide bonds. The van der Waals surface area contributed by atoms with Crippen molar-refractivity contribution >= 4 is 17.7 Å². The Labute approximate surface area is 145 Å². The lowest BCUT2D eigenvalue weighted by atomic mass is 9.93. The van der Waals surface area contributed by atoms with Crippen LogP contribution in [-0.4, -0.2) is 47.2 Å². The van der Waals surface area contributed by atoms with Crippen molar-refractivity contribution in [3.8, 4) is 0 Å². The van der Waals surface area contributed by atoms with Crippen molar-refractivity contribution in [2.75, 3.05) is 19.6 Å². The van der Waals surface area contributed by atoms with Crippen LogP contribution < -0.4 is 0 Å². The van der Waals surface area contributed by atoms with Gasteiger partial charge in [0.2, 0.25) is 5.91 Å². The van der Waals surface area contributed by atoms with Gasteiger partial charge in [-0.05, 0) is 37.5 Å². The molecule has 5 heteroatoms. The van der Waals surface area contributed by atoms with Crippen LogP contribution in [0.5, 0.6) is 0 Å². The van der Waals surface area contributed by atoms with Crippen LogP contribution in [0.4, 0.5) is 0 Å². The maximum atomic E-state index is 12.6. The van der Waals surface area contributed by atoms with E-state index in [-0.39, 0.29) is 30.7 Å². The van der Waals surface area contributed by atoms with Crippen molar-refractivity contribution < 1.29 is 14.4 Å². The predicted molar refractivity (Wildman–Crippen MR) is 93.1 cm³/mol. The molecule has 0 unspecified atom stereocenters. The molecule has 1 aliphatic carbocycles. The molecule has 1 aliphatic heterocycles. The second-order valence-electron chi connectivity index (χ2n) is 7.76. The van der Waals surface area contributed by atoms with E-state index in [1.807, 2.05) is 4.90 Å². The van der Waals surface area contributed by atoms with E-state index < -0.39 is 0 Å². The number of hydrogen-bond acceptors (Lipinski definition) is 3. The normalized spacial score (nSPS) is 18.0. The van der Waals surface area contributed by atoms with E-state index in [4.69, 9.17) is 0 Å². The van der Waals surface area contributed by atoms with Crippen LogP contribution in [0.1, 0.15) is 59.8 Å². The summed E-state index contributed by atoms with van der Waals surface area (Å²) in [4.78, 5) is 40.5. The van der Waals surface area contributed by atoms with Gasteiger partial charge in [0.05, 0.1) is 0 Å². The lowest BCUT2D eigenvalue weighted by Gasteiger charge is -2.27. The fraction of sp³-hybridized carbons (Fsp3) is 0.737. The number of nitrogens with zero attached hydrogens (tertiary/aromatic N) is 2. The van der Waals surface area contributed by atoms with Gasteiger partial charge in [0.15, 0.2) is 0 Å². The first kappa shape index (κ1) is 18.7. The number of rotatable bonds is 7. The first-order valence-electron chi connectivity index (χ1n) is 9.17. The molecule has 0 saturated heterocycles. The summed E-state index contributed by atoms with van der Waals surface area (Å²) >= 11 is 0. The van der Waals surface area contributed by atoms with Gasteiger partial charge < -0.3 is 4.90 Å². The second kappa shape index (κ2) is 7.95. The van der Waals surface area contributed by atoms with Gasteiger partial charge in [0, 0.05) is 37.2 Å². The molecule has 0 radical (unpaired) electrons. The maximum Gasteiger partial charge on any atom is 0.257 e. The minimum absolute atomic E-state index is 0.0304. The highest BCUT2D eigenvalue weighted by Crippen LogP contribution is 2.32. The van der Waals surface area contributed by atoms with Gasteiger partial charge in [-0.15, -0.1) is 0 Å². The standard InChI is InChI=1S/C19H30N2O3/c1-13(2)11-20(12-14(3)4)17(22)9-10-21-18(23)15-7-5-6-8-16(15)19(21)24/h13-14H,5-12H2,1-4H3. The average Bonchev–Trinajstić information content (AvgIpc) is 2.75. The number of amides is 3. The van der Waals surface area contributed by atoms with Crippen LogP contribution in [-0.2, 0) is 14.4 Å². The Kier molecular flexibility index (Phi) is 6.19. The fourth-order valence-electron chi connectivity index (χ4n) is 3.52. The fourth-order valence-corrected chi connectivity index (χ4v) is 3.52. The molecule has 0 aromatic carbocycles. The van der Waals surface area contributed by atoms with Gasteiger partial charge in [0.1, 0.15) is 0 Å². The van der Waals surface area contributed by atoms with Gasteiger partial charge >= 0.3 is 0 Å². The lowest BCUT2D eigenvalue weighted by molar-refractivity contribution is -0.139. The van der Waals surface area contributed by atoms with E-state index in [9.17, 15) is 14.4 Å². The molecule has 134 valence electrons. The molecule has 0 fully saturated rings. The Morgan fingerprint density at radius 1 is 0.958 bits per heavy atom. The molecule has 5 nitrogen and oxygen atoms in total. The topological polar surface area (TPSA) is 57.7 Å². The van der Waals surface area contributed by atoms with E-state index in [2.05, 4.69) is 27.7 Å². The summed E-state index contributed by atoms with van der Waals surface area (Å²) in [6.07, 6.45) is 3.58. The molecule has 2 rings (SSSR count). The summed E-state index contributed by atoms with van der Waals surface area (Å²) in [6, 6.07) is 0. The predicted octanol–water partition coefficient (Wildman–Crippen LogP) is 2.76. The Morgan fingerprint density at radius 3 is 1.83 bits per heavy atom. The van der Waals surface area contributed by atoms with Crippen LogP contribution in [0.15, 0.2) is 11.1 Å². The molecule has 0 N–H and O–H groups in total. The third kappa shape index (κ3) is 4.25. The molecule has 0 aromatic rings. The Morgan fingerprint density at radius 2 is 1.42 bits per heavy atom.